The highest BCUT2D eigenvalue weighted by atomic mass is 16.5. The SMILES string of the molecule is COCC(=O)Nc1ccc(N2CCc3ccccc3C2)c(C(=O)NC2CC2)c1. The van der Waals surface area contributed by atoms with E-state index in [4.69, 9.17) is 4.74 Å². The summed E-state index contributed by atoms with van der Waals surface area (Å²) in [6.07, 6.45) is 3.01. The molecule has 1 fully saturated rings. The lowest BCUT2D eigenvalue weighted by molar-refractivity contribution is -0.119. The molecule has 6 nitrogen and oxygen atoms in total. The van der Waals surface area contributed by atoms with Gasteiger partial charge in [0.2, 0.25) is 5.91 Å². The molecule has 146 valence electrons. The van der Waals surface area contributed by atoms with E-state index in [0.717, 1.165) is 38.0 Å². The summed E-state index contributed by atoms with van der Waals surface area (Å²) >= 11 is 0. The monoisotopic (exact) mass is 379 g/mol. The highest BCUT2D eigenvalue weighted by Gasteiger charge is 2.27. The van der Waals surface area contributed by atoms with E-state index < -0.39 is 0 Å². The van der Waals surface area contributed by atoms with E-state index in [1.165, 1.54) is 18.2 Å². The summed E-state index contributed by atoms with van der Waals surface area (Å²) in [4.78, 5) is 27.0. The van der Waals surface area contributed by atoms with Gasteiger partial charge in [-0.15, -0.1) is 0 Å². The molecule has 1 saturated carbocycles. The van der Waals surface area contributed by atoms with Crippen LogP contribution in [0.4, 0.5) is 11.4 Å². The number of nitrogens with zero attached hydrogens (tertiary/aromatic N) is 1. The molecular formula is C22H25N3O3. The second-order valence-electron chi connectivity index (χ2n) is 7.40. The van der Waals surface area contributed by atoms with Crippen LogP contribution in [-0.4, -0.2) is 38.1 Å². The summed E-state index contributed by atoms with van der Waals surface area (Å²) in [5, 5.41) is 5.86. The van der Waals surface area contributed by atoms with Crippen LogP contribution in [0.5, 0.6) is 0 Å². The van der Waals surface area contributed by atoms with Crippen molar-refractivity contribution in [2.75, 3.05) is 30.5 Å². The van der Waals surface area contributed by atoms with Crippen molar-refractivity contribution in [3.63, 3.8) is 0 Å². The Hall–Kier alpha value is -2.86. The third-order valence-corrected chi connectivity index (χ3v) is 5.18. The predicted molar refractivity (Wildman–Crippen MR) is 109 cm³/mol. The van der Waals surface area contributed by atoms with Gasteiger partial charge in [0, 0.05) is 37.6 Å². The van der Waals surface area contributed by atoms with Gasteiger partial charge in [-0.25, -0.2) is 0 Å². The van der Waals surface area contributed by atoms with Gasteiger partial charge in [-0.3, -0.25) is 9.59 Å². The molecule has 0 bridgehead atoms. The molecule has 2 aliphatic rings. The molecule has 4 rings (SSSR count). The van der Waals surface area contributed by atoms with Crippen LogP contribution in [0.25, 0.3) is 0 Å². The number of methoxy groups -OCH3 is 1. The van der Waals surface area contributed by atoms with Crippen LogP contribution >= 0.6 is 0 Å². The maximum absolute atomic E-state index is 12.9. The zero-order chi connectivity index (χ0) is 19.5. The van der Waals surface area contributed by atoms with E-state index in [9.17, 15) is 9.59 Å². The lowest BCUT2D eigenvalue weighted by Crippen LogP contribution is -2.33. The van der Waals surface area contributed by atoms with Gasteiger partial charge in [-0.2, -0.15) is 0 Å². The minimum absolute atomic E-state index is 0.0196. The topological polar surface area (TPSA) is 70.7 Å². The van der Waals surface area contributed by atoms with Gasteiger partial charge >= 0.3 is 0 Å². The fourth-order valence-electron chi connectivity index (χ4n) is 3.59. The number of rotatable bonds is 6. The average molecular weight is 379 g/mol. The Morgan fingerprint density at radius 2 is 1.93 bits per heavy atom. The highest BCUT2D eigenvalue weighted by Crippen LogP contribution is 2.30. The molecule has 0 radical (unpaired) electrons. The van der Waals surface area contributed by atoms with Gasteiger partial charge in [-0.05, 0) is 48.6 Å². The van der Waals surface area contributed by atoms with Gasteiger partial charge in [0.1, 0.15) is 6.61 Å². The number of hydrogen-bond acceptors (Lipinski definition) is 4. The van der Waals surface area contributed by atoms with E-state index in [-0.39, 0.29) is 24.5 Å². The van der Waals surface area contributed by atoms with Crippen LogP contribution in [-0.2, 0) is 22.5 Å². The van der Waals surface area contributed by atoms with Gasteiger partial charge in [0.25, 0.3) is 5.91 Å². The molecule has 0 spiro atoms. The Bertz CT molecular complexity index is 892. The molecule has 0 unspecified atom stereocenters. The van der Waals surface area contributed by atoms with Crippen LogP contribution in [0, 0.1) is 0 Å². The van der Waals surface area contributed by atoms with Gasteiger partial charge in [-0.1, -0.05) is 24.3 Å². The van der Waals surface area contributed by atoms with Crippen molar-refractivity contribution in [1.29, 1.82) is 0 Å². The summed E-state index contributed by atoms with van der Waals surface area (Å²) in [6, 6.07) is 14.2. The Labute approximate surface area is 164 Å². The Kier molecular flexibility index (Phi) is 5.30. The number of amides is 2. The highest BCUT2D eigenvalue weighted by molar-refractivity contribution is 6.02. The molecule has 1 aliphatic heterocycles. The lowest BCUT2D eigenvalue weighted by Gasteiger charge is -2.32. The zero-order valence-corrected chi connectivity index (χ0v) is 16.0. The third kappa shape index (κ3) is 4.17. The first kappa shape index (κ1) is 18.5. The fraction of sp³-hybridized carbons (Fsp3) is 0.364. The van der Waals surface area contributed by atoms with Crippen molar-refractivity contribution in [3.8, 4) is 0 Å². The number of nitrogens with one attached hydrogen (secondary N) is 2. The van der Waals surface area contributed by atoms with Gasteiger partial charge in [0.15, 0.2) is 0 Å². The van der Waals surface area contributed by atoms with E-state index in [2.05, 4.69) is 39.8 Å². The molecule has 2 amide bonds. The first-order valence-electron chi connectivity index (χ1n) is 9.69. The molecule has 1 aliphatic carbocycles. The molecule has 1 heterocycles. The van der Waals surface area contributed by atoms with E-state index in [1.54, 1.807) is 6.07 Å². The number of carbonyl (C=O) groups is 2. The summed E-state index contributed by atoms with van der Waals surface area (Å²) in [6.45, 7) is 1.61. The second kappa shape index (κ2) is 8.02. The van der Waals surface area contributed by atoms with Crippen LogP contribution < -0.4 is 15.5 Å². The van der Waals surface area contributed by atoms with Crippen molar-refractivity contribution in [1.82, 2.24) is 5.32 Å². The lowest BCUT2D eigenvalue weighted by atomic mass is 9.98. The first-order valence-corrected chi connectivity index (χ1v) is 9.69. The minimum atomic E-state index is -0.240. The number of anilines is 2. The quantitative estimate of drug-likeness (QED) is 0.810. The maximum atomic E-state index is 12.9. The van der Waals surface area contributed by atoms with Gasteiger partial charge < -0.3 is 20.3 Å². The number of ether oxygens (including phenoxy) is 1. The van der Waals surface area contributed by atoms with Crippen molar-refractivity contribution in [3.05, 3.63) is 59.2 Å². The molecule has 6 heteroatoms. The first-order chi connectivity index (χ1) is 13.6. The Morgan fingerprint density at radius 3 is 2.68 bits per heavy atom. The zero-order valence-electron chi connectivity index (χ0n) is 16.0. The standard InChI is InChI=1S/C22H25N3O3/c1-28-14-21(26)23-18-8-9-20(19(12-18)22(27)24-17-6-7-17)25-11-10-15-4-2-3-5-16(15)13-25/h2-5,8-9,12,17H,6-7,10-11,13-14H2,1H3,(H,23,26)(H,24,27). The molecule has 28 heavy (non-hydrogen) atoms. The molecule has 0 aromatic heterocycles. The van der Waals surface area contributed by atoms with Crippen molar-refractivity contribution in [2.45, 2.75) is 31.8 Å². The van der Waals surface area contributed by atoms with Crippen LogP contribution in [0.15, 0.2) is 42.5 Å². The van der Waals surface area contributed by atoms with E-state index >= 15 is 0 Å². The van der Waals surface area contributed by atoms with Crippen LogP contribution in [0.2, 0.25) is 0 Å². The minimum Gasteiger partial charge on any atom is -0.375 e. The summed E-state index contributed by atoms with van der Waals surface area (Å²) < 4.78 is 4.87. The largest absolute Gasteiger partial charge is 0.375 e. The molecule has 2 N–H and O–H groups in total. The number of benzene rings is 2. The van der Waals surface area contributed by atoms with Crippen molar-refractivity contribution in [2.24, 2.45) is 0 Å². The van der Waals surface area contributed by atoms with E-state index in [0.29, 0.717) is 11.3 Å². The number of hydrogen-bond donors (Lipinski definition) is 2. The Morgan fingerprint density at radius 1 is 1.14 bits per heavy atom. The molecule has 2 aromatic carbocycles. The summed E-state index contributed by atoms with van der Waals surface area (Å²) in [5.74, 6) is -0.324. The smallest absolute Gasteiger partial charge is 0.253 e. The summed E-state index contributed by atoms with van der Waals surface area (Å²) in [5.41, 5.74) is 4.76. The number of fused-ring (bicyclic) bond motifs is 1. The average Bonchev–Trinajstić information content (AvgIpc) is 3.51. The van der Waals surface area contributed by atoms with E-state index in [1.807, 2.05) is 12.1 Å². The van der Waals surface area contributed by atoms with Crippen LogP contribution in [0.1, 0.15) is 34.3 Å². The molecule has 0 saturated heterocycles. The third-order valence-electron chi connectivity index (χ3n) is 5.18. The maximum Gasteiger partial charge on any atom is 0.253 e. The fourth-order valence-corrected chi connectivity index (χ4v) is 3.59. The molecule has 2 aromatic rings. The molecule has 0 atom stereocenters. The predicted octanol–water partition coefficient (Wildman–Crippen LogP) is 2.73. The summed E-state index contributed by atoms with van der Waals surface area (Å²) in [7, 11) is 1.48. The second-order valence-corrected chi connectivity index (χ2v) is 7.40. The normalized spacial score (nSPS) is 15.7. The Balaban J connectivity index is 1.61. The molecular weight excluding hydrogens is 354 g/mol. The van der Waals surface area contributed by atoms with Crippen LogP contribution in [0.3, 0.4) is 0 Å². The van der Waals surface area contributed by atoms with Crippen molar-refractivity contribution >= 4 is 23.2 Å². The number of carbonyl (C=O) groups excluding carboxylic acids is 2. The van der Waals surface area contributed by atoms with Crippen molar-refractivity contribution < 1.29 is 14.3 Å². The van der Waals surface area contributed by atoms with Gasteiger partial charge in [0.05, 0.1) is 5.56 Å².